The molecule has 0 bridgehead atoms. The average molecular weight is 337 g/mol. The van der Waals surface area contributed by atoms with E-state index in [4.69, 9.17) is 5.26 Å². The molecule has 0 aliphatic rings. The summed E-state index contributed by atoms with van der Waals surface area (Å²) in [6.45, 7) is 3.56. The molecule has 1 rings (SSSR count). The fourth-order valence-corrected chi connectivity index (χ4v) is 4.97. The van der Waals surface area contributed by atoms with Crippen LogP contribution in [-0.4, -0.2) is 25.8 Å². The van der Waals surface area contributed by atoms with E-state index in [-0.39, 0.29) is 12.5 Å². The Balaban J connectivity index is 3.08. The molecule has 4 nitrogen and oxygen atoms in total. The van der Waals surface area contributed by atoms with Crippen molar-refractivity contribution in [2.75, 3.05) is 7.05 Å². The van der Waals surface area contributed by atoms with E-state index in [0.29, 0.717) is 4.21 Å². The lowest BCUT2D eigenvalue weighted by atomic mass is 10.3. The van der Waals surface area contributed by atoms with Crippen LogP contribution in [0.3, 0.4) is 0 Å². The van der Waals surface area contributed by atoms with Gasteiger partial charge in [-0.3, -0.25) is 0 Å². The highest BCUT2D eigenvalue weighted by atomic mass is 79.9. The first kappa shape index (κ1) is 14.6. The smallest absolute Gasteiger partial charge is 0.206 e. The fourth-order valence-electron chi connectivity index (χ4n) is 1.20. The molecule has 0 N–H and O–H groups in total. The molecule has 17 heavy (non-hydrogen) atoms. The molecule has 1 aromatic rings. The fraction of sp³-hybridized carbons (Fsp3) is 0.500. The van der Waals surface area contributed by atoms with E-state index in [9.17, 15) is 8.42 Å². The highest BCUT2D eigenvalue weighted by Crippen LogP contribution is 2.32. The van der Waals surface area contributed by atoms with Gasteiger partial charge in [-0.2, -0.15) is 9.57 Å². The molecular formula is C10H13BrN2O2S2. The summed E-state index contributed by atoms with van der Waals surface area (Å²) in [5.74, 6) is 0. The Morgan fingerprint density at radius 1 is 1.65 bits per heavy atom. The third-order valence-corrected chi connectivity index (χ3v) is 7.03. The Labute approximate surface area is 114 Å². The van der Waals surface area contributed by atoms with Gasteiger partial charge in [0.25, 0.3) is 10.0 Å². The zero-order chi connectivity index (χ0) is 13.2. The summed E-state index contributed by atoms with van der Waals surface area (Å²) in [5.41, 5.74) is 0.898. The van der Waals surface area contributed by atoms with E-state index < -0.39 is 10.0 Å². The highest BCUT2D eigenvalue weighted by Gasteiger charge is 2.27. The number of sulfonamides is 1. The van der Waals surface area contributed by atoms with Crippen LogP contribution >= 0.6 is 27.3 Å². The summed E-state index contributed by atoms with van der Waals surface area (Å²) in [4.78, 5) is 0. The summed E-state index contributed by atoms with van der Waals surface area (Å²) in [5, 5.41) is 8.59. The topological polar surface area (TPSA) is 61.2 Å². The van der Waals surface area contributed by atoms with Crippen molar-refractivity contribution < 1.29 is 8.42 Å². The Bertz CT molecular complexity index is 526. The lowest BCUT2D eigenvalue weighted by Gasteiger charge is -2.21. The lowest BCUT2D eigenvalue weighted by molar-refractivity contribution is 0.394. The Morgan fingerprint density at radius 3 is 2.65 bits per heavy atom. The summed E-state index contributed by atoms with van der Waals surface area (Å²) in [6, 6.07) is 3.29. The van der Waals surface area contributed by atoms with Crippen molar-refractivity contribution in [1.29, 1.82) is 5.26 Å². The molecule has 0 saturated heterocycles. The van der Waals surface area contributed by atoms with Crippen molar-refractivity contribution in [3.63, 3.8) is 0 Å². The van der Waals surface area contributed by atoms with E-state index in [1.807, 2.05) is 13.0 Å². The largest absolute Gasteiger partial charge is 0.252 e. The van der Waals surface area contributed by atoms with Crippen molar-refractivity contribution >= 4 is 37.3 Å². The van der Waals surface area contributed by atoms with Crippen LogP contribution in [0.2, 0.25) is 0 Å². The first-order valence-corrected chi connectivity index (χ1v) is 7.96. The minimum absolute atomic E-state index is 0.182. The molecule has 0 saturated carbocycles. The Kier molecular flexibility index (Phi) is 4.72. The molecule has 7 heteroatoms. The minimum atomic E-state index is -3.49. The normalized spacial score (nSPS) is 13.6. The molecule has 0 aliphatic carbocycles. The number of aryl methyl sites for hydroxylation is 1. The predicted octanol–water partition coefficient (Wildman–Crippen LogP) is 2.74. The van der Waals surface area contributed by atoms with Crippen molar-refractivity contribution in [2.24, 2.45) is 0 Å². The zero-order valence-corrected chi connectivity index (χ0v) is 13.0. The van der Waals surface area contributed by atoms with Crippen LogP contribution in [0, 0.1) is 18.3 Å². The second-order valence-electron chi connectivity index (χ2n) is 3.75. The summed E-state index contributed by atoms with van der Waals surface area (Å²) < 4.78 is 26.8. The summed E-state index contributed by atoms with van der Waals surface area (Å²) in [6.07, 6.45) is 0.182. The van der Waals surface area contributed by atoms with Crippen LogP contribution in [-0.2, 0) is 10.0 Å². The molecule has 1 atom stereocenters. The van der Waals surface area contributed by atoms with E-state index in [0.717, 1.165) is 9.35 Å². The molecule has 0 spiro atoms. The molecule has 1 unspecified atom stereocenters. The Morgan fingerprint density at radius 2 is 2.24 bits per heavy atom. The lowest BCUT2D eigenvalue weighted by Crippen LogP contribution is -2.34. The number of nitrogens with zero attached hydrogens (tertiary/aromatic N) is 2. The average Bonchev–Trinajstić information content (AvgIpc) is 2.59. The standard InChI is InChI=1S/C10H13BrN2O2S2/c1-7-6-9(16-10(7)11)17(14,15)13(3)8(2)4-5-12/h6,8H,4H2,1-3H3. The van der Waals surface area contributed by atoms with Gasteiger partial charge < -0.3 is 0 Å². The van der Waals surface area contributed by atoms with Gasteiger partial charge in [0, 0.05) is 13.1 Å². The molecule has 1 aromatic heterocycles. The van der Waals surface area contributed by atoms with Crippen molar-refractivity contribution in [1.82, 2.24) is 4.31 Å². The third kappa shape index (κ3) is 3.07. The second-order valence-corrected chi connectivity index (χ2v) is 8.35. The van der Waals surface area contributed by atoms with Crippen molar-refractivity contribution in [3.05, 3.63) is 15.4 Å². The van der Waals surface area contributed by atoms with Gasteiger partial charge >= 0.3 is 0 Å². The minimum Gasteiger partial charge on any atom is -0.206 e. The van der Waals surface area contributed by atoms with Crippen molar-refractivity contribution in [2.45, 2.75) is 30.5 Å². The van der Waals surface area contributed by atoms with E-state index in [2.05, 4.69) is 15.9 Å². The van der Waals surface area contributed by atoms with Crippen LogP contribution in [0.15, 0.2) is 14.1 Å². The van der Waals surface area contributed by atoms with Crippen LogP contribution < -0.4 is 0 Å². The van der Waals surface area contributed by atoms with E-state index in [1.165, 1.54) is 22.7 Å². The molecule has 0 aromatic carbocycles. The van der Waals surface area contributed by atoms with Gasteiger partial charge in [0.2, 0.25) is 0 Å². The van der Waals surface area contributed by atoms with Crippen LogP contribution in [0.5, 0.6) is 0 Å². The maximum absolute atomic E-state index is 12.2. The van der Waals surface area contributed by atoms with Crippen LogP contribution in [0.25, 0.3) is 0 Å². The predicted molar refractivity (Wildman–Crippen MR) is 71.4 cm³/mol. The van der Waals surface area contributed by atoms with Crippen LogP contribution in [0.1, 0.15) is 18.9 Å². The van der Waals surface area contributed by atoms with Gasteiger partial charge in [0.1, 0.15) is 4.21 Å². The Hall–Kier alpha value is -0.420. The number of nitriles is 1. The maximum atomic E-state index is 12.2. The van der Waals surface area contributed by atoms with E-state index >= 15 is 0 Å². The van der Waals surface area contributed by atoms with Gasteiger partial charge in [-0.05, 0) is 41.4 Å². The molecular weight excluding hydrogens is 324 g/mol. The number of hydrogen-bond donors (Lipinski definition) is 0. The van der Waals surface area contributed by atoms with Gasteiger partial charge in [-0.1, -0.05) is 0 Å². The van der Waals surface area contributed by atoms with Crippen molar-refractivity contribution in [3.8, 4) is 6.07 Å². The van der Waals surface area contributed by atoms with E-state index in [1.54, 1.807) is 13.0 Å². The third-order valence-electron chi connectivity index (χ3n) is 2.48. The molecule has 1 heterocycles. The van der Waals surface area contributed by atoms with Gasteiger partial charge in [0.15, 0.2) is 0 Å². The maximum Gasteiger partial charge on any atom is 0.252 e. The van der Waals surface area contributed by atoms with Gasteiger partial charge in [0.05, 0.1) is 16.3 Å². The first-order valence-electron chi connectivity index (χ1n) is 4.91. The first-order chi connectivity index (χ1) is 7.80. The number of hydrogen-bond acceptors (Lipinski definition) is 4. The molecule has 0 aliphatic heterocycles. The molecule has 0 fully saturated rings. The highest BCUT2D eigenvalue weighted by molar-refractivity contribution is 9.11. The SMILES string of the molecule is Cc1cc(S(=O)(=O)N(C)C(C)CC#N)sc1Br. The molecule has 0 amide bonds. The number of rotatable bonds is 4. The zero-order valence-electron chi connectivity index (χ0n) is 9.77. The van der Waals surface area contributed by atoms with Gasteiger partial charge in [-0.25, -0.2) is 8.42 Å². The second kappa shape index (κ2) is 5.48. The summed E-state index contributed by atoms with van der Waals surface area (Å²) in [7, 11) is -1.99. The quantitative estimate of drug-likeness (QED) is 0.849. The van der Waals surface area contributed by atoms with Crippen LogP contribution in [0.4, 0.5) is 0 Å². The van der Waals surface area contributed by atoms with Gasteiger partial charge in [-0.15, -0.1) is 11.3 Å². The molecule has 0 radical (unpaired) electrons. The summed E-state index contributed by atoms with van der Waals surface area (Å²) >= 11 is 4.50. The number of thiophene rings is 1. The number of halogens is 1. The molecule has 94 valence electrons. The monoisotopic (exact) mass is 336 g/mol.